The van der Waals surface area contributed by atoms with E-state index in [-0.39, 0.29) is 17.4 Å². The van der Waals surface area contributed by atoms with Crippen LogP contribution in [0.15, 0.2) is 36.4 Å². The lowest BCUT2D eigenvalue weighted by atomic mass is 9.84. The summed E-state index contributed by atoms with van der Waals surface area (Å²) in [6.45, 7) is 3.78. The Morgan fingerprint density at radius 2 is 1.23 bits per heavy atom. The molecule has 0 bridgehead atoms. The van der Waals surface area contributed by atoms with Crippen molar-refractivity contribution in [3.05, 3.63) is 70.3 Å². The Balaban J connectivity index is 2.39. The second-order valence-corrected chi connectivity index (χ2v) is 7.52. The normalized spacial score (nSPS) is 13.5. The zero-order chi connectivity index (χ0) is 19.3. The van der Waals surface area contributed by atoms with E-state index in [0.29, 0.717) is 34.6 Å². The van der Waals surface area contributed by atoms with Crippen LogP contribution in [-0.4, -0.2) is 16.4 Å². The SMILES string of the molecule is CCc1cc(C(CBr)C(=O)C(CBr)c2ccc(F)c(CC)c2)ccc1F. The van der Waals surface area contributed by atoms with E-state index in [9.17, 15) is 13.6 Å². The molecule has 0 aliphatic rings. The molecular weight excluding hydrogens is 466 g/mol. The third-order valence-corrected chi connectivity index (χ3v) is 6.00. The summed E-state index contributed by atoms with van der Waals surface area (Å²) in [5.41, 5.74) is 2.81. The van der Waals surface area contributed by atoms with Crippen LogP contribution in [0, 0.1) is 11.6 Å². The lowest BCUT2D eigenvalue weighted by molar-refractivity contribution is -0.121. The number of ketones is 1. The van der Waals surface area contributed by atoms with Crippen LogP contribution in [0.1, 0.15) is 47.9 Å². The second kappa shape index (κ2) is 9.75. The molecule has 1 nitrogen and oxygen atoms in total. The van der Waals surface area contributed by atoms with Gasteiger partial charge in [0.15, 0.2) is 0 Å². The Hall–Kier alpha value is -1.07. The molecular formula is C21H22Br2F2O. The van der Waals surface area contributed by atoms with Gasteiger partial charge in [-0.1, -0.05) is 70.0 Å². The molecule has 2 unspecified atom stereocenters. The molecule has 0 saturated heterocycles. The fourth-order valence-electron chi connectivity index (χ4n) is 3.07. The molecule has 140 valence electrons. The molecule has 0 fully saturated rings. The van der Waals surface area contributed by atoms with E-state index >= 15 is 0 Å². The molecule has 0 radical (unpaired) electrons. The first-order valence-electron chi connectivity index (χ1n) is 8.69. The van der Waals surface area contributed by atoms with Crippen molar-refractivity contribution < 1.29 is 13.6 Å². The summed E-state index contributed by atoms with van der Waals surface area (Å²) in [6.07, 6.45) is 1.14. The van der Waals surface area contributed by atoms with Crippen molar-refractivity contribution in [1.29, 1.82) is 0 Å². The van der Waals surface area contributed by atoms with Gasteiger partial charge in [0, 0.05) is 10.7 Å². The predicted molar refractivity (Wildman–Crippen MR) is 110 cm³/mol. The van der Waals surface area contributed by atoms with Crippen LogP contribution in [-0.2, 0) is 17.6 Å². The maximum absolute atomic E-state index is 13.8. The van der Waals surface area contributed by atoms with Gasteiger partial charge in [0.2, 0.25) is 0 Å². The highest BCUT2D eigenvalue weighted by atomic mass is 79.9. The summed E-state index contributed by atoms with van der Waals surface area (Å²) < 4.78 is 27.6. The number of hydrogen-bond acceptors (Lipinski definition) is 1. The molecule has 0 amide bonds. The van der Waals surface area contributed by atoms with Gasteiger partial charge in [-0.15, -0.1) is 0 Å². The summed E-state index contributed by atoms with van der Waals surface area (Å²) in [5, 5.41) is 0.901. The molecule has 2 atom stereocenters. The van der Waals surface area contributed by atoms with Crippen LogP contribution in [0.5, 0.6) is 0 Å². The number of carbonyl (C=O) groups excluding carboxylic acids is 1. The van der Waals surface area contributed by atoms with Crippen molar-refractivity contribution in [1.82, 2.24) is 0 Å². The number of benzene rings is 2. The number of alkyl halides is 2. The van der Waals surface area contributed by atoms with E-state index in [1.807, 2.05) is 13.8 Å². The summed E-state index contributed by atoms with van der Waals surface area (Å²) >= 11 is 6.88. The van der Waals surface area contributed by atoms with Crippen LogP contribution >= 0.6 is 31.9 Å². The van der Waals surface area contributed by atoms with Crippen molar-refractivity contribution in [2.75, 3.05) is 10.7 Å². The van der Waals surface area contributed by atoms with Gasteiger partial charge in [-0.05, 0) is 47.2 Å². The van der Waals surface area contributed by atoms with Gasteiger partial charge in [-0.3, -0.25) is 4.79 Å². The predicted octanol–water partition coefficient (Wildman–Crippen LogP) is 6.32. The van der Waals surface area contributed by atoms with Gasteiger partial charge in [0.1, 0.15) is 17.4 Å². The Morgan fingerprint density at radius 3 is 1.54 bits per heavy atom. The number of hydrogen-bond donors (Lipinski definition) is 0. The molecule has 0 N–H and O–H groups in total. The Kier molecular flexibility index (Phi) is 7.96. The molecule has 0 spiro atoms. The monoisotopic (exact) mass is 486 g/mol. The van der Waals surface area contributed by atoms with Crippen LogP contribution in [0.2, 0.25) is 0 Å². The molecule has 5 heteroatoms. The first-order chi connectivity index (χ1) is 12.5. The fourth-order valence-corrected chi connectivity index (χ4v) is 4.45. The van der Waals surface area contributed by atoms with E-state index in [2.05, 4.69) is 31.9 Å². The van der Waals surface area contributed by atoms with Gasteiger partial charge in [-0.2, -0.15) is 0 Å². The van der Waals surface area contributed by atoms with Crippen molar-refractivity contribution >= 4 is 37.6 Å². The van der Waals surface area contributed by atoms with E-state index in [1.165, 1.54) is 12.1 Å². The third-order valence-electron chi connectivity index (χ3n) is 4.70. The topological polar surface area (TPSA) is 17.1 Å². The summed E-state index contributed by atoms with van der Waals surface area (Å²) in [7, 11) is 0. The molecule has 2 aromatic rings. The van der Waals surface area contributed by atoms with Crippen LogP contribution in [0.25, 0.3) is 0 Å². The van der Waals surface area contributed by atoms with Gasteiger partial charge < -0.3 is 0 Å². The quantitative estimate of drug-likeness (QED) is 0.398. The Labute approximate surface area is 170 Å². The van der Waals surface area contributed by atoms with Crippen LogP contribution < -0.4 is 0 Å². The lowest BCUT2D eigenvalue weighted by Crippen LogP contribution is -2.23. The number of carbonyl (C=O) groups is 1. The standard InChI is InChI=1S/C21H22Br2F2O/c1-3-13-9-15(5-7-19(13)24)17(11-22)21(26)18(12-23)16-6-8-20(25)14(4-2)10-16/h5-10,17-18H,3-4,11-12H2,1-2H3. The average Bonchev–Trinajstić information content (AvgIpc) is 2.65. The molecule has 2 aromatic carbocycles. The summed E-state index contributed by atoms with van der Waals surface area (Å²) in [6, 6.07) is 9.73. The van der Waals surface area contributed by atoms with Gasteiger partial charge in [0.05, 0.1) is 11.8 Å². The molecule has 0 saturated carbocycles. The first-order valence-corrected chi connectivity index (χ1v) is 10.9. The van der Waals surface area contributed by atoms with Crippen LogP contribution in [0.4, 0.5) is 8.78 Å². The van der Waals surface area contributed by atoms with E-state index in [1.54, 1.807) is 24.3 Å². The lowest BCUT2D eigenvalue weighted by Gasteiger charge is -2.21. The molecule has 0 aliphatic carbocycles. The van der Waals surface area contributed by atoms with Crippen molar-refractivity contribution in [2.24, 2.45) is 0 Å². The first kappa shape index (κ1) is 21.2. The average molecular weight is 488 g/mol. The zero-order valence-corrected chi connectivity index (χ0v) is 18.0. The number of aryl methyl sites for hydroxylation is 2. The molecule has 0 aliphatic heterocycles. The smallest absolute Gasteiger partial charge is 0.149 e. The second-order valence-electron chi connectivity index (χ2n) is 6.22. The van der Waals surface area contributed by atoms with Gasteiger partial charge >= 0.3 is 0 Å². The van der Waals surface area contributed by atoms with E-state index < -0.39 is 11.8 Å². The van der Waals surface area contributed by atoms with Crippen LogP contribution in [0.3, 0.4) is 0 Å². The zero-order valence-electron chi connectivity index (χ0n) is 14.9. The fraction of sp³-hybridized carbons (Fsp3) is 0.381. The largest absolute Gasteiger partial charge is 0.298 e. The Morgan fingerprint density at radius 1 is 0.846 bits per heavy atom. The minimum absolute atomic E-state index is 0.0288. The van der Waals surface area contributed by atoms with Crippen molar-refractivity contribution in [2.45, 2.75) is 38.5 Å². The van der Waals surface area contributed by atoms with E-state index in [4.69, 9.17) is 0 Å². The molecule has 0 heterocycles. The Bertz CT molecular complexity index is 713. The maximum Gasteiger partial charge on any atom is 0.149 e. The molecule has 0 aromatic heterocycles. The number of Topliss-reactive ketones (excluding diaryl/α,β-unsaturated/α-hetero) is 1. The number of rotatable bonds is 8. The highest BCUT2D eigenvalue weighted by molar-refractivity contribution is 9.09. The maximum atomic E-state index is 13.8. The van der Waals surface area contributed by atoms with Crippen molar-refractivity contribution in [3.8, 4) is 0 Å². The number of halogens is 4. The van der Waals surface area contributed by atoms with Crippen molar-refractivity contribution in [3.63, 3.8) is 0 Å². The summed E-state index contributed by atoms with van der Waals surface area (Å²) in [4.78, 5) is 13.2. The van der Waals surface area contributed by atoms with Gasteiger partial charge in [-0.25, -0.2) is 8.78 Å². The highest BCUT2D eigenvalue weighted by Crippen LogP contribution is 2.31. The minimum atomic E-state index is -0.390. The van der Waals surface area contributed by atoms with Gasteiger partial charge in [0.25, 0.3) is 0 Å². The highest BCUT2D eigenvalue weighted by Gasteiger charge is 2.29. The minimum Gasteiger partial charge on any atom is -0.298 e. The molecule has 26 heavy (non-hydrogen) atoms. The summed E-state index contributed by atoms with van der Waals surface area (Å²) in [5.74, 6) is -1.25. The molecule has 2 rings (SSSR count). The van der Waals surface area contributed by atoms with E-state index in [0.717, 1.165) is 11.1 Å². The third kappa shape index (κ3) is 4.61.